The molecule has 1 atom stereocenters. The summed E-state index contributed by atoms with van der Waals surface area (Å²) in [6.45, 7) is 4.58. The number of rotatable bonds is 3. The summed E-state index contributed by atoms with van der Waals surface area (Å²) in [6.07, 6.45) is 1.80. The van der Waals surface area contributed by atoms with Crippen molar-refractivity contribution in [1.29, 1.82) is 0 Å². The van der Waals surface area contributed by atoms with Gasteiger partial charge in [-0.1, -0.05) is 30.3 Å². The summed E-state index contributed by atoms with van der Waals surface area (Å²) in [5.74, 6) is 0. The Bertz CT molecular complexity index is 1210. The lowest BCUT2D eigenvalue weighted by atomic mass is 10.0. The van der Waals surface area contributed by atoms with Gasteiger partial charge in [0, 0.05) is 28.5 Å². The number of carbonyl (C=O) groups is 1. The second-order valence-electron chi connectivity index (χ2n) is 7.46. The number of carbonyl (C=O) groups excluding carboxylic acids is 1. The minimum atomic E-state index is -0.0855. The first-order valence-corrected chi connectivity index (χ1v) is 9.67. The first-order chi connectivity index (χ1) is 14.1. The predicted octanol–water partition coefficient (Wildman–Crippen LogP) is 5.04. The summed E-state index contributed by atoms with van der Waals surface area (Å²) < 4.78 is 0. The maximum atomic E-state index is 12.8. The van der Waals surface area contributed by atoms with E-state index in [9.17, 15) is 4.79 Å². The number of H-pyrrole nitrogens is 1. The van der Waals surface area contributed by atoms with Gasteiger partial charge in [-0.15, -0.1) is 0 Å². The van der Waals surface area contributed by atoms with E-state index in [0.29, 0.717) is 6.54 Å². The molecule has 0 radical (unpaired) electrons. The number of pyridine rings is 1. The predicted molar refractivity (Wildman–Crippen MR) is 113 cm³/mol. The molecule has 0 saturated heterocycles. The molecule has 2 aromatic heterocycles. The topological polar surface area (TPSA) is 73.9 Å². The van der Waals surface area contributed by atoms with E-state index in [1.807, 2.05) is 48.2 Å². The Morgan fingerprint density at radius 1 is 1.10 bits per heavy atom. The van der Waals surface area contributed by atoms with Crippen LogP contribution < -0.4 is 5.32 Å². The molecule has 3 heterocycles. The van der Waals surface area contributed by atoms with Crippen LogP contribution in [0.15, 0.2) is 60.8 Å². The van der Waals surface area contributed by atoms with Gasteiger partial charge in [-0.25, -0.2) is 4.79 Å². The molecule has 144 valence electrons. The van der Waals surface area contributed by atoms with E-state index in [1.54, 1.807) is 6.20 Å². The fourth-order valence-corrected chi connectivity index (χ4v) is 3.94. The Morgan fingerprint density at radius 3 is 2.72 bits per heavy atom. The van der Waals surface area contributed by atoms with Crippen LogP contribution in [0, 0.1) is 6.92 Å². The summed E-state index contributed by atoms with van der Waals surface area (Å²) in [7, 11) is 0. The van der Waals surface area contributed by atoms with Crippen LogP contribution in [-0.2, 0) is 6.54 Å². The summed E-state index contributed by atoms with van der Waals surface area (Å²) in [4.78, 5) is 18.9. The van der Waals surface area contributed by atoms with E-state index < -0.39 is 0 Å². The van der Waals surface area contributed by atoms with Crippen molar-refractivity contribution in [2.24, 2.45) is 0 Å². The van der Waals surface area contributed by atoms with E-state index in [0.717, 1.165) is 44.7 Å². The second kappa shape index (κ2) is 6.74. The van der Waals surface area contributed by atoms with Crippen LogP contribution in [0.3, 0.4) is 0 Å². The van der Waals surface area contributed by atoms with Crippen molar-refractivity contribution < 1.29 is 4.79 Å². The molecule has 29 heavy (non-hydrogen) atoms. The van der Waals surface area contributed by atoms with Gasteiger partial charge >= 0.3 is 6.03 Å². The van der Waals surface area contributed by atoms with Gasteiger partial charge in [-0.2, -0.15) is 5.10 Å². The lowest BCUT2D eigenvalue weighted by molar-refractivity contribution is 0.186. The van der Waals surface area contributed by atoms with Crippen LogP contribution in [0.25, 0.3) is 22.2 Å². The number of nitrogens with one attached hydrogen (secondary N) is 2. The van der Waals surface area contributed by atoms with Crippen molar-refractivity contribution in [3.63, 3.8) is 0 Å². The van der Waals surface area contributed by atoms with Gasteiger partial charge < -0.3 is 10.2 Å². The van der Waals surface area contributed by atoms with Crippen LogP contribution in [0.5, 0.6) is 0 Å². The number of hydrogen-bond acceptors (Lipinski definition) is 3. The Hall–Kier alpha value is -3.67. The maximum Gasteiger partial charge on any atom is 0.322 e. The number of anilines is 1. The van der Waals surface area contributed by atoms with E-state index in [2.05, 4.69) is 45.6 Å². The van der Waals surface area contributed by atoms with Crippen molar-refractivity contribution >= 4 is 22.6 Å². The lowest BCUT2D eigenvalue weighted by Crippen LogP contribution is -2.40. The van der Waals surface area contributed by atoms with E-state index in [-0.39, 0.29) is 12.1 Å². The fraction of sp³-hybridized carbons (Fsp3) is 0.174. The van der Waals surface area contributed by atoms with Crippen molar-refractivity contribution in [1.82, 2.24) is 20.1 Å². The fourth-order valence-electron chi connectivity index (χ4n) is 3.94. The number of hydrogen-bond donors (Lipinski definition) is 2. The molecule has 6 nitrogen and oxygen atoms in total. The minimum Gasteiger partial charge on any atom is -0.313 e. The van der Waals surface area contributed by atoms with Gasteiger partial charge in [0.1, 0.15) is 5.69 Å². The zero-order valence-electron chi connectivity index (χ0n) is 16.3. The third-order valence-corrected chi connectivity index (χ3v) is 5.55. The van der Waals surface area contributed by atoms with Crippen molar-refractivity contribution in [2.75, 3.05) is 5.32 Å². The summed E-state index contributed by atoms with van der Waals surface area (Å²) in [5, 5.41) is 11.7. The highest BCUT2D eigenvalue weighted by atomic mass is 16.2. The highest BCUT2D eigenvalue weighted by Crippen LogP contribution is 2.35. The molecule has 2 aromatic carbocycles. The lowest BCUT2D eigenvalue weighted by Gasteiger charge is -2.34. The van der Waals surface area contributed by atoms with E-state index in [4.69, 9.17) is 0 Å². The maximum absolute atomic E-state index is 12.8. The number of benzene rings is 2. The number of nitrogens with zero attached hydrogens (tertiary/aromatic N) is 3. The molecule has 1 aliphatic heterocycles. The summed E-state index contributed by atoms with van der Waals surface area (Å²) >= 11 is 0. The molecule has 0 saturated carbocycles. The first-order valence-electron chi connectivity index (χ1n) is 9.67. The van der Waals surface area contributed by atoms with Crippen LogP contribution in [0.1, 0.15) is 29.8 Å². The minimum absolute atomic E-state index is 0.0216. The molecule has 6 heteroatoms. The number of urea groups is 1. The van der Waals surface area contributed by atoms with Gasteiger partial charge in [0.2, 0.25) is 0 Å². The molecule has 4 aromatic rings. The quantitative estimate of drug-likeness (QED) is 0.520. The van der Waals surface area contributed by atoms with Crippen LogP contribution in [-0.4, -0.2) is 26.1 Å². The smallest absolute Gasteiger partial charge is 0.313 e. The Balaban J connectivity index is 1.55. The normalized spacial score (nSPS) is 14.6. The molecular formula is C23H21N5O. The molecule has 0 bridgehead atoms. The zero-order valence-corrected chi connectivity index (χ0v) is 16.3. The van der Waals surface area contributed by atoms with Crippen molar-refractivity contribution in [3.8, 4) is 11.3 Å². The second-order valence-corrected chi connectivity index (χ2v) is 7.46. The van der Waals surface area contributed by atoms with Gasteiger partial charge in [-0.05, 0) is 49.2 Å². The van der Waals surface area contributed by atoms with E-state index >= 15 is 0 Å². The highest BCUT2D eigenvalue weighted by molar-refractivity contribution is 6.00. The number of aromatic amines is 1. The Morgan fingerprint density at radius 2 is 1.93 bits per heavy atom. The van der Waals surface area contributed by atoms with Crippen LogP contribution in [0.4, 0.5) is 10.5 Å². The zero-order chi connectivity index (χ0) is 20.0. The molecule has 2 amide bonds. The Labute approximate surface area is 168 Å². The average Bonchev–Trinajstić information content (AvgIpc) is 3.14. The van der Waals surface area contributed by atoms with E-state index in [1.165, 1.54) is 0 Å². The first kappa shape index (κ1) is 17.4. The Kier molecular flexibility index (Phi) is 4.05. The van der Waals surface area contributed by atoms with Crippen LogP contribution in [0.2, 0.25) is 0 Å². The van der Waals surface area contributed by atoms with Gasteiger partial charge in [0.05, 0.1) is 18.1 Å². The molecule has 0 spiro atoms. The van der Waals surface area contributed by atoms with Crippen molar-refractivity contribution in [2.45, 2.75) is 26.4 Å². The SMILES string of the molecule is Cc1cc(-c2n[nH]c3cc4c(cc23)CN(C(C)c2ccccc2)C(=O)N4)ccn1. The molecule has 0 aliphatic carbocycles. The average molecular weight is 383 g/mol. The number of fused-ring (bicyclic) bond motifs is 2. The summed E-state index contributed by atoms with van der Waals surface area (Å²) in [6, 6.07) is 18.1. The molecule has 5 rings (SSSR count). The van der Waals surface area contributed by atoms with Crippen LogP contribution >= 0.6 is 0 Å². The molecule has 2 N–H and O–H groups in total. The molecule has 1 unspecified atom stereocenters. The van der Waals surface area contributed by atoms with Gasteiger partial charge in [0.25, 0.3) is 0 Å². The molecular weight excluding hydrogens is 362 g/mol. The number of amides is 2. The standard InChI is InChI=1S/C23H21N5O/c1-14-10-17(8-9-24-14)22-19-11-18-13-28(15(2)16-6-4-3-5-7-16)23(29)25-20(18)12-21(19)26-27-22/h3-12,15H,13H2,1-2H3,(H,25,29)(H,26,27). The van der Waals surface area contributed by atoms with Crippen molar-refractivity contribution in [3.05, 3.63) is 77.6 Å². The van der Waals surface area contributed by atoms with Gasteiger partial charge in [0.15, 0.2) is 0 Å². The largest absolute Gasteiger partial charge is 0.322 e. The summed E-state index contributed by atoms with van der Waals surface area (Å²) in [5.41, 5.74) is 6.80. The number of aromatic nitrogens is 3. The third kappa shape index (κ3) is 3.02. The highest BCUT2D eigenvalue weighted by Gasteiger charge is 2.28. The number of aryl methyl sites for hydroxylation is 1. The third-order valence-electron chi connectivity index (χ3n) is 5.55. The molecule has 0 fully saturated rings. The van der Waals surface area contributed by atoms with Gasteiger partial charge in [-0.3, -0.25) is 10.1 Å². The molecule has 1 aliphatic rings. The monoisotopic (exact) mass is 383 g/mol.